The van der Waals surface area contributed by atoms with Gasteiger partial charge in [0.25, 0.3) is 0 Å². The summed E-state index contributed by atoms with van der Waals surface area (Å²) in [5.74, 6) is 1.54. The van der Waals surface area contributed by atoms with Gasteiger partial charge in [-0.05, 0) is 19.8 Å². The fraction of sp³-hybridized carbons (Fsp3) is 0.615. The lowest BCUT2D eigenvalue weighted by Crippen LogP contribution is -2.34. The largest absolute Gasteiger partial charge is 0.354 e. The first-order valence-electron chi connectivity index (χ1n) is 6.80. The molecule has 0 aromatic carbocycles. The van der Waals surface area contributed by atoms with E-state index in [1.165, 1.54) is 0 Å². The van der Waals surface area contributed by atoms with Crippen molar-refractivity contribution >= 4 is 17.7 Å². The first kappa shape index (κ1) is 13.6. The van der Waals surface area contributed by atoms with Gasteiger partial charge in [-0.3, -0.25) is 4.79 Å². The average molecular weight is 263 g/mol. The molecule has 19 heavy (non-hydrogen) atoms. The van der Waals surface area contributed by atoms with Crippen LogP contribution in [-0.4, -0.2) is 42.1 Å². The van der Waals surface area contributed by atoms with Crippen LogP contribution in [0.5, 0.6) is 0 Å². The maximum atomic E-state index is 11.6. The van der Waals surface area contributed by atoms with Gasteiger partial charge < -0.3 is 15.5 Å². The van der Waals surface area contributed by atoms with E-state index >= 15 is 0 Å². The maximum Gasteiger partial charge on any atom is 0.239 e. The lowest BCUT2D eigenvalue weighted by Gasteiger charge is -2.22. The van der Waals surface area contributed by atoms with Crippen molar-refractivity contribution in [3.8, 4) is 0 Å². The molecule has 0 saturated carbocycles. The van der Waals surface area contributed by atoms with Crippen molar-refractivity contribution in [2.45, 2.75) is 26.7 Å². The van der Waals surface area contributed by atoms with E-state index in [1.807, 2.05) is 18.0 Å². The SMILES string of the molecule is CCCNc1ncc(C)c(N2CCCNC(=O)C2)n1. The van der Waals surface area contributed by atoms with Gasteiger partial charge in [-0.2, -0.15) is 4.98 Å². The van der Waals surface area contributed by atoms with Crippen LogP contribution in [0, 0.1) is 6.92 Å². The number of rotatable bonds is 4. The van der Waals surface area contributed by atoms with Crippen molar-refractivity contribution in [2.24, 2.45) is 0 Å². The number of anilines is 2. The number of hydrogen-bond acceptors (Lipinski definition) is 5. The normalized spacial score (nSPS) is 15.9. The van der Waals surface area contributed by atoms with E-state index in [1.54, 1.807) is 0 Å². The predicted molar refractivity (Wildman–Crippen MR) is 75.4 cm³/mol. The van der Waals surface area contributed by atoms with E-state index in [0.29, 0.717) is 12.5 Å². The van der Waals surface area contributed by atoms with E-state index in [9.17, 15) is 4.79 Å². The van der Waals surface area contributed by atoms with Crippen LogP contribution in [0.15, 0.2) is 6.20 Å². The minimum absolute atomic E-state index is 0.0542. The van der Waals surface area contributed by atoms with Crippen molar-refractivity contribution in [1.82, 2.24) is 15.3 Å². The highest BCUT2D eigenvalue weighted by molar-refractivity contribution is 5.81. The molecule has 6 heteroatoms. The topological polar surface area (TPSA) is 70.2 Å². The molecule has 1 fully saturated rings. The molecule has 0 bridgehead atoms. The van der Waals surface area contributed by atoms with E-state index in [4.69, 9.17) is 0 Å². The van der Waals surface area contributed by atoms with Gasteiger partial charge in [0.1, 0.15) is 5.82 Å². The lowest BCUT2D eigenvalue weighted by molar-refractivity contribution is -0.119. The lowest BCUT2D eigenvalue weighted by atomic mass is 10.3. The van der Waals surface area contributed by atoms with Crippen LogP contribution >= 0.6 is 0 Å². The molecule has 2 N–H and O–H groups in total. The van der Waals surface area contributed by atoms with Crippen molar-refractivity contribution in [1.29, 1.82) is 0 Å². The van der Waals surface area contributed by atoms with Crippen LogP contribution in [0.2, 0.25) is 0 Å². The van der Waals surface area contributed by atoms with Crippen LogP contribution in [-0.2, 0) is 4.79 Å². The second-order valence-electron chi connectivity index (χ2n) is 4.75. The molecule has 1 amide bonds. The van der Waals surface area contributed by atoms with E-state index in [2.05, 4.69) is 27.5 Å². The molecule has 0 atom stereocenters. The Hall–Kier alpha value is -1.85. The molecule has 0 radical (unpaired) electrons. The second kappa shape index (κ2) is 6.36. The monoisotopic (exact) mass is 263 g/mol. The quantitative estimate of drug-likeness (QED) is 0.846. The first-order valence-corrected chi connectivity index (χ1v) is 6.80. The Bertz CT molecular complexity index is 449. The third-order valence-corrected chi connectivity index (χ3v) is 3.04. The van der Waals surface area contributed by atoms with Crippen LogP contribution in [0.4, 0.5) is 11.8 Å². The summed E-state index contributed by atoms with van der Waals surface area (Å²) in [6, 6.07) is 0. The Morgan fingerprint density at radius 3 is 3.16 bits per heavy atom. The number of nitrogens with zero attached hydrogens (tertiary/aromatic N) is 3. The molecule has 1 aliphatic rings. The van der Waals surface area contributed by atoms with Gasteiger partial charge in [-0.25, -0.2) is 4.98 Å². The maximum absolute atomic E-state index is 11.6. The second-order valence-corrected chi connectivity index (χ2v) is 4.75. The van der Waals surface area contributed by atoms with E-state index in [0.717, 1.165) is 43.9 Å². The van der Waals surface area contributed by atoms with Crippen LogP contribution < -0.4 is 15.5 Å². The zero-order valence-electron chi connectivity index (χ0n) is 11.6. The Labute approximate surface area is 113 Å². The van der Waals surface area contributed by atoms with Gasteiger partial charge >= 0.3 is 0 Å². The molecule has 2 rings (SSSR count). The zero-order valence-corrected chi connectivity index (χ0v) is 11.6. The summed E-state index contributed by atoms with van der Waals surface area (Å²) in [6.45, 7) is 6.86. The summed E-state index contributed by atoms with van der Waals surface area (Å²) < 4.78 is 0. The summed E-state index contributed by atoms with van der Waals surface area (Å²) >= 11 is 0. The first-order chi connectivity index (χ1) is 9.20. The van der Waals surface area contributed by atoms with E-state index in [-0.39, 0.29) is 5.91 Å². The minimum Gasteiger partial charge on any atom is -0.354 e. The molecular weight excluding hydrogens is 242 g/mol. The molecule has 2 heterocycles. The van der Waals surface area contributed by atoms with Crippen LogP contribution in [0.25, 0.3) is 0 Å². The summed E-state index contributed by atoms with van der Waals surface area (Å²) in [4.78, 5) is 22.4. The highest BCUT2D eigenvalue weighted by atomic mass is 16.2. The fourth-order valence-corrected chi connectivity index (χ4v) is 2.06. The van der Waals surface area contributed by atoms with Crippen LogP contribution in [0.3, 0.4) is 0 Å². The zero-order chi connectivity index (χ0) is 13.7. The number of nitrogens with one attached hydrogen (secondary N) is 2. The predicted octanol–water partition coefficient (Wildman–Crippen LogP) is 0.933. The molecule has 6 nitrogen and oxygen atoms in total. The van der Waals surface area contributed by atoms with Gasteiger partial charge in [0, 0.05) is 31.4 Å². The summed E-state index contributed by atoms with van der Waals surface area (Å²) in [7, 11) is 0. The third-order valence-electron chi connectivity index (χ3n) is 3.04. The number of amides is 1. The number of carbonyl (C=O) groups is 1. The molecule has 104 valence electrons. The van der Waals surface area contributed by atoms with Gasteiger partial charge in [-0.15, -0.1) is 0 Å². The number of hydrogen-bond donors (Lipinski definition) is 2. The van der Waals surface area contributed by atoms with Crippen molar-refractivity contribution in [3.63, 3.8) is 0 Å². The molecule has 1 aliphatic heterocycles. The molecule has 1 aromatic rings. The average Bonchev–Trinajstić information content (AvgIpc) is 2.62. The number of aromatic nitrogens is 2. The molecule has 0 unspecified atom stereocenters. The Balaban J connectivity index is 2.18. The highest BCUT2D eigenvalue weighted by Gasteiger charge is 2.18. The van der Waals surface area contributed by atoms with E-state index < -0.39 is 0 Å². The van der Waals surface area contributed by atoms with Gasteiger partial charge in [-0.1, -0.05) is 6.92 Å². The number of aryl methyl sites for hydroxylation is 1. The van der Waals surface area contributed by atoms with Crippen LogP contribution in [0.1, 0.15) is 25.3 Å². The number of carbonyl (C=O) groups excluding carboxylic acids is 1. The van der Waals surface area contributed by atoms with Gasteiger partial charge in [0.2, 0.25) is 11.9 Å². The molecule has 1 saturated heterocycles. The smallest absolute Gasteiger partial charge is 0.239 e. The minimum atomic E-state index is 0.0542. The molecule has 0 spiro atoms. The standard InChI is InChI=1S/C13H21N5O/c1-3-5-15-13-16-8-10(2)12(17-13)18-7-4-6-14-11(19)9-18/h8H,3-7,9H2,1-2H3,(H,14,19)(H,15,16,17). The Morgan fingerprint density at radius 1 is 1.53 bits per heavy atom. The summed E-state index contributed by atoms with van der Waals surface area (Å²) in [5.41, 5.74) is 0.997. The van der Waals surface area contributed by atoms with Crippen molar-refractivity contribution in [2.75, 3.05) is 36.4 Å². The van der Waals surface area contributed by atoms with Crippen molar-refractivity contribution in [3.05, 3.63) is 11.8 Å². The molecular formula is C13H21N5O. The van der Waals surface area contributed by atoms with Crippen molar-refractivity contribution < 1.29 is 4.79 Å². The summed E-state index contributed by atoms with van der Waals surface area (Å²) in [6.07, 6.45) is 3.77. The fourth-order valence-electron chi connectivity index (χ4n) is 2.06. The van der Waals surface area contributed by atoms with Gasteiger partial charge in [0.15, 0.2) is 0 Å². The summed E-state index contributed by atoms with van der Waals surface area (Å²) in [5, 5.41) is 6.05. The van der Waals surface area contributed by atoms with Gasteiger partial charge in [0.05, 0.1) is 6.54 Å². The molecule has 0 aliphatic carbocycles. The highest BCUT2D eigenvalue weighted by Crippen LogP contribution is 2.18. The third kappa shape index (κ3) is 3.56. The molecule has 1 aromatic heterocycles. The Morgan fingerprint density at radius 2 is 2.37 bits per heavy atom. The Kier molecular flexibility index (Phi) is 4.54.